The Kier molecular flexibility index (Phi) is 2.73. The molecule has 3 aromatic rings. The molecule has 92 valence electrons. The van der Waals surface area contributed by atoms with E-state index in [0.29, 0.717) is 6.42 Å². The second-order valence-corrected chi connectivity index (χ2v) is 4.36. The van der Waals surface area contributed by atoms with Gasteiger partial charge in [0, 0.05) is 24.2 Å². The minimum absolute atomic E-state index is 0.336. The Hall–Kier alpha value is -2.67. The predicted octanol–water partition coefficient (Wildman–Crippen LogP) is 2.77. The van der Waals surface area contributed by atoms with Crippen LogP contribution in [0.15, 0.2) is 42.9 Å². The Morgan fingerprint density at radius 1 is 1.26 bits per heavy atom. The first-order valence-corrected chi connectivity index (χ1v) is 6.05. The number of aryl methyl sites for hydroxylation is 1. The largest absolute Gasteiger partial charge is 0.302 e. The third kappa shape index (κ3) is 1.85. The monoisotopic (exact) mass is 248 g/mol. The molecule has 3 rings (SSSR count). The van der Waals surface area contributed by atoms with Crippen LogP contribution in [0.2, 0.25) is 0 Å². The van der Waals surface area contributed by atoms with E-state index in [0.717, 1.165) is 28.2 Å². The zero-order chi connectivity index (χ0) is 13.2. The molecule has 0 saturated heterocycles. The van der Waals surface area contributed by atoms with Gasteiger partial charge in [0.25, 0.3) is 0 Å². The highest BCUT2D eigenvalue weighted by atomic mass is 15.0. The maximum atomic E-state index is 9.03. The Bertz CT molecular complexity index is 766. The molecule has 0 aliphatic rings. The van der Waals surface area contributed by atoms with Crippen LogP contribution in [0.3, 0.4) is 0 Å². The van der Waals surface area contributed by atoms with Gasteiger partial charge in [-0.3, -0.25) is 4.98 Å². The molecular weight excluding hydrogens is 236 g/mol. The van der Waals surface area contributed by atoms with Crippen molar-refractivity contribution in [1.29, 1.82) is 5.26 Å². The van der Waals surface area contributed by atoms with Crippen LogP contribution in [-0.2, 0) is 6.42 Å². The number of hydrogen-bond acceptors (Lipinski definition) is 3. The second kappa shape index (κ2) is 4.54. The quantitative estimate of drug-likeness (QED) is 0.700. The summed E-state index contributed by atoms with van der Waals surface area (Å²) in [5.41, 5.74) is 4.77. The first-order chi connectivity index (χ1) is 9.31. The molecule has 0 bridgehead atoms. The second-order valence-electron chi connectivity index (χ2n) is 4.36. The lowest BCUT2D eigenvalue weighted by Crippen LogP contribution is -1.94. The molecule has 19 heavy (non-hydrogen) atoms. The van der Waals surface area contributed by atoms with E-state index >= 15 is 0 Å². The standard InChI is InChI=1S/C15H12N4/c1-11-3-2-10-19-13(4-7-16)14(18-15(11)19)12-5-8-17-9-6-12/h2-3,5-6,8-10H,4H2,1H3. The number of imidazole rings is 1. The van der Waals surface area contributed by atoms with Crippen LogP contribution in [0.25, 0.3) is 16.9 Å². The van der Waals surface area contributed by atoms with Gasteiger partial charge in [-0.1, -0.05) is 6.07 Å². The molecule has 0 N–H and O–H groups in total. The van der Waals surface area contributed by atoms with Gasteiger partial charge in [0.2, 0.25) is 0 Å². The lowest BCUT2D eigenvalue weighted by Gasteiger charge is -2.01. The van der Waals surface area contributed by atoms with Gasteiger partial charge in [0.15, 0.2) is 0 Å². The fraction of sp³-hybridized carbons (Fsp3) is 0.133. The number of hydrogen-bond donors (Lipinski definition) is 0. The van der Waals surface area contributed by atoms with Gasteiger partial charge in [0.05, 0.1) is 23.9 Å². The molecule has 0 aliphatic carbocycles. The normalized spacial score (nSPS) is 10.5. The summed E-state index contributed by atoms with van der Waals surface area (Å²) >= 11 is 0. The van der Waals surface area contributed by atoms with Crippen molar-refractivity contribution >= 4 is 5.65 Å². The van der Waals surface area contributed by atoms with Gasteiger partial charge >= 0.3 is 0 Å². The average molecular weight is 248 g/mol. The zero-order valence-electron chi connectivity index (χ0n) is 10.5. The first-order valence-electron chi connectivity index (χ1n) is 6.05. The van der Waals surface area contributed by atoms with Gasteiger partial charge in [-0.2, -0.15) is 5.26 Å². The smallest absolute Gasteiger partial charge is 0.140 e. The van der Waals surface area contributed by atoms with E-state index in [4.69, 9.17) is 5.26 Å². The van der Waals surface area contributed by atoms with Crippen LogP contribution in [0, 0.1) is 18.3 Å². The molecule has 0 radical (unpaired) electrons. The first kappa shape index (κ1) is 11.4. The molecule has 0 unspecified atom stereocenters. The molecule has 4 heteroatoms. The summed E-state index contributed by atoms with van der Waals surface area (Å²) in [6.45, 7) is 2.02. The molecule has 0 spiro atoms. The van der Waals surface area contributed by atoms with Crippen molar-refractivity contribution in [2.75, 3.05) is 0 Å². The van der Waals surface area contributed by atoms with E-state index in [2.05, 4.69) is 16.0 Å². The van der Waals surface area contributed by atoms with Crippen molar-refractivity contribution in [3.05, 3.63) is 54.1 Å². The number of fused-ring (bicyclic) bond motifs is 1. The maximum Gasteiger partial charge on any atom is 0.140 e. The van der Waals surface area contributed by atoms with Crippen molar-refractivity contribution in [2.45, 2.75) is 13.3 Å². The van der Waals surface area contributed by atoms with Crippen LogP contribution in [0.5, 0.6) is 0 Å². The SMILES string of the molecule is Cc1cccn2c(CC#N)c(-c3ccncc3)nc12. The van der Waals surface area contributed by atoms with Crippen LogP contribution in [-0.4, -0.2) is 14.4 Å². The minimum atomic E-state index is 0.336. The lowest BCUT2D eigenvalue weighted by atomic mass is 10.1. The number of rotatable bonds is 2. The molecule has 0 aromatic carbocycles. The third-order valence-corrected chi connectivity index (χ3v) is 3.14. The van der Waals surface area contributed by atoms with E-state index in [1.165, 1.54) is 0 Å². The van der Waals surface area contributed by atoms with Crippen molar-refractivity contribution in [3.8, 4) is 17.3 Å². The van der Waals surface area contributed by atoms with E-state index in [9.17, 15) is 0 Å². The number of aromatic nitrogens is 3. The van der Waals surface area contributed by atoms with Gasteiger partial charge in [-0.25, -0.2) is 4.98 Å². The molecule has 3 heterocycles. The van der Waals surface area contributed by atoms with Crippen molar-refractivity contribution in [1.82, 2.24) is 14.4 Å². The number of pyridine rings is 2. The molecule has 3 aromatic heterocycles. The van der Waals surface area contributed by atoms with Crippen LogP contribution >= 0.6 is 0 Å². The Balaban J connectivity index is 2.33. The van der Waals surface area contributed by atoms with Crippen molar-refractivity contribution in [3.63, 3.8) is 0 Å². The Morgan fingerprint density at radius 3 is 2.79 bits per heavy atom. The maximum absolute atomic E-state index is 9.03. The predicted molar refractivity (Wildman–Crippen MR) is 72.5 cm³/mol. The van der Waals surface area contributed by atoms with E-state index < -0.39 is 0 Å². The van der Waals surface area contributed by atoms with Gasteiger partial charge in [-0.05, 0) is 30.7 Å². The Labute approximate surface area is 111 Å². The summed E-state index contributed by atoms with van der Waals surface area (Å²) in [4.78, 5) is 8.70. The average Bonchev–Trinajstić information content (AvgIpc) is 2.81. The summed E-state index contributed by atoms with van der Waals surface area (Å²) in [5, 5.41) is 9.03. The summed E-state index contributed by atoms with van der Waals surface area (Å²) in [7, 11) is 0. The highest BCUT2D eigenvalue weighted by molar-refractivity contribution is 5.67. The highest BCUT2D eigenvalue weighted by Gasteiger charge is 2.14. The topological polar surface area (TPSA) is 54.0 Å². The summed E-state index contributed by atoms with van der Waals surface area (Å²) < 4.78 is 1.99. The number of nitriles is 1. The third-order valence-electron chi connectivity index (χ3n) is 3.14. The van der Waals surface area contributed by atoms with Crippen molar-refractivity contribution in [2.24, 2.45) is 0 Å². The molecule has 4 nitrogen and oxygen atoms in total. The fourth-order valence-corrected chi connectivity index (χ4v) is 2.24. The van der Waals surface area contributed by atoms with E-state index in [-0.39, 0.29) is 0 Å². The summed E-state index contributed by atoms with van der Waals surface area (Å²) in [6, 6.07) is 10.0. The van der Waals surface area contributed by atoms with E-state index in [1.807, 2.05) is 41.8 Å². The Morgan fingerprint density at radius 2 is 2.05 bits per heavy atom. The van der Waals surface area contributed by atoms with Crippen molar-refractivity contribution < 1.29 is 0 Å². The molecule has 0 aliphatic heterocycles. The molecule has 0 amide bonds. The zero-order valence-corrected chi connectivity index (χ0v) is 10.5. The lowest BCUT2D eigenvalue weighted by molar-refractivity contribution is 1.05. The minimum Gasteiger partial charge on any atom is -0.302 e. The van der Waals surface area contributed by atoms with Gasteiger partial charge < -0.3 is 4.40 Å². The molecule has 0 fully saturated rings. The summed E-state index contributed by atoms with van der Waals surface area (Å²) in [6.07, 6.45) is 5.76. The van der Waals surface area contributed by atoms with Gasteiger partial charge in [-0.15, -0.1) is 0 Å². The number of nitrogens with zero attached hydrogens (tertiary/aromatic N) is 4. The highest BCUT2D eigenvalue weighted by Crippen LogP contribution is 2.25. The molecule has 0 atom stereocenters. The van der Waals surface area contributed by atoms with Crippen LogP contribution < -0.4 is 0 Å². The molecule has 0 saturated carbocycles. The molecular formula is C15H12N4. The van der Waals surface area contributed by atoms with Crippen LogP contribution in [0.4, 0.5) is 0 Å². The van der Waals surface area contributed by atoms with Gasteiger partial charge in [0.1, 0.15) is 5.65 Å². The summed E-state index contributed by atoms with van der Waals surface area (Å²) in [5.74, 6) is 0. The van der Waals surface area contributed by atoms with Crippen LogP contribution in [0.1, 0.15) is 11.3 Å². The van der Waals surface area contributed by atoms with E-state index in [1.54, 1.807) is 12.4 Å². The fourth-order valence-electron chi connectivity index (χ4n) is 2.24.